The van der Waals surface area contributed by atoms with Gasteiger partial charge >= 0.3 is 5.97 Å². The van der Waals surface area contributed by atoms with Crippen LogP contribution in [0.4, 0.5) is 5.13 Å². The van der Waals surface area contributed by atoms with Gasteiger partial charge < -0.3 is 10.4 Å². The van der Waals surface area contributed by atoms with Gasteiger partial charge in [0.15, 0.2) is 5.13 Å². The van der Waals surface area contributed by atoms with Gasteiger partial charge in [-0.25, -0.2) is 9.78 Å². The third-order valence-electron chi connectivity index (χ3n) is 3.48. The Balaban J connectivity index is 1.79. The molecule has 23 heavy (non-hydrogen) atoms. The zero-order valence-electron chi connectivity index (χ0n) is 12.5. The van der Waals surface area contributed by atoms with E-state index in [1.165, 1.54) is 28.4 Å². The van der Waals surface area contributed by atoms with Crippen LogP contribution in [-0.4, -0.2) is 31.7 Å². The number of anilines is 1. The summed E-state index contributed by atoms with van der Waals surface area (Å²) in [5.41, 5.74) is 1.96. The van der Waals surface area contributed by atoms with Crippen LogP contribution in [0.25, 0.3) is 10.2 Å². The van der Waals surface area contributed by atoms with Gasteiger partial charge in [-0.1, -0.05) is 23.5 Å². The van der Waals surface area contributed by atoms with Crippen molar-refractivity contribution in [1.82, 2.24) is 14.8 Å². The van der Waals surface area contributed by atoms with Crippen molar-refractivity contribution in [2.24, 2.45) is 0 Å². The predicted octanol–water partition coefficient (Wildman–Crippen LogP) is 2.70. The molecule has 3 rings (SSSR count). The number of thiazole rings is 1. The summed E-state index contributed by atoms with van der Waals surface area (Å²) in [6.07, 6.45) is 2.54. The molecule has 1 unspecified atom stereocenters. The fourth-order valence-corrected chi connectivity index (χ4v) is 3.08. The number of carboxylic acids is 1. The number of carbonyl (C=O) groups is 2. The summed E-state index contributed by atoms with van der Waals surface area (Å²) in [4.78, 5) is 27.6. The smallest absolute Gasteiger partial charge is 0.338 e. The summed E-state index contributed by atoms with van der Waals surface area (Å²) < 4.78 is 2.32. The van der Waals surface area contributed by atoms with Crippen LogP contribution in [0.5, 0.6) is 0 Å². The lowest BCUT2D eigenvalue weighted by molar-refractivity contribution is -0.119. The monoisotopic (exact) mass is 330 g/mol. The Morgan fingerprint density at radius 3 is 2.83 bits per heavy atom. The van der Waals surface area contributed by atoms with E-state index in [9.17, 15) is 9.59 Å². The summed E-state index contributed by atoms with van der Waals surface area (Å²) in [5.74, 6) is -1.38. The number of carboxylic acid groups (broad SMARTS) is 1. The van der Waals surface area contributed by atoms with E-state index < -0.39 is 12.0 Å². The van der Waals surface area contributed by atoms with Gasteiger partial charge in [-0.3, -0.25) is 9.48 Å². The lowest BCUT2D eigenvalue weighted by Gasteiger charge is -2.10. The molecule has 2 heterocycles. The number of para-hydroxylation sites is 1. The highest BCUT2D eigenvalue weighted by Gasteiger charge is 2.19. The largest absolute Gasteiger partial charge is 0.478 e. The van der Waals surface area contributed by atoms with Crippen LogP contribution in [0.1, 0.15) is 28.9 Å². The molecule has 7 nitrogen and oxygen atoms in total. The second kappa shape index (κ2) is 5.81. The first-order valence-corrected chi connectivity index (χ1v) is 7.72. The molecule has 2 N–H and O–H groups in total. The number of hydrogen-bond acceptors (Lipinski definition) is 5. The highest BCUT2D eigenvalue weighted by atomic mass is 32.1. The van der Waals surface area contributed by atoms with Crippen molar-refractivity contribution >= 4 is 38.6 Å². The highest BCUT2D eigenvalue weighted by molar-refractivity contribution is 7.22. The quantitative estimate of drug-likeness (QED) is 0.766. The van der Waals surface area contributed by atoms with E-state index in [0.29, 0.717) is 5.13 Å². The first kappa shape index (κ1) is 15.2. The zero-order valence-corrected chi connectivity index (χ0v) is 13.3. The number of aryl methyl sites for hydroxylation is 1. The minimum atomic E-state index is -1.08. The Morgan fingerprint density at radius 1 is 1.39 bits per heavy atom. The van der Waals surface area contributed by atoms with Crippen LogP contribution in [0.2, 0.25) is 0 Å². The molecule has 0 saturated heterocycles. The molecule has 1 amide bonds. The molecule has 0 aliphatic heterocycles. The lowest BCUT2D eigenvalue weighted by Crippen LogP contribution is -2.24. The SMILES string of the molecule is Cc1cccc2sc(NC(=O)C(C)n3cc(C(=O)O)cn3)nc12. The van der Waals surface area contributed by atoms with Crippen molar-refractivity contribution in [3.05, 3.63) is 41.7 Å². The normalized spacial score (nSPS) is 12.3. The zero-order chi connectivity index (χ0) is 16.6. The number of nitrogens with zero attached hydrogens (tertiary/aromatic N) is 3. The second-order valence-corrected chi connectivity index (χ2v) is 6.15. The molecular formula is C15H14N4O3S. The molecule has 8 heteroatoms. The Bertz CT molecular complexity index is 899. The van der Waals surface area contributed by atoms with Gasteiger partial charge in [-0.15, -0.1) is 0 Å². The Morgan fingerprint density at radius 2 is 2.17 bits per heavy atom. The molecule has 0 spiro atoms. The topological polar surface area (TPSA) is 97.1 Å². The minimum absolute atomic E-state index is 0.0419. The number of aromatic carboxylic acids is 1. The first-order valence-electron chi connectivity index (χ1n) is 6.90. The molecule has 118 valence electrons. The molecule has 0 aliphatic carbocycles. The standard InChI is InChI=1S/C15H14N4O3S/c1-8-4-3-5-11-12(8)17-15(23-11)18-13(20)9(2)19-7-10(6-16-19)14(21)22/h3-7,9H,1-2H3,(H,21,22)(H,17,18,20). The number of nitrogens with one attached hydrogen (secondary N) is 1. The molecule has 1 aromatic carbocycles. The van der Waals surface area contributed by atoms with Gasteiger partial charge in [-0.05, 0) is 25.5 Å². The maximum absolute atomic E-state index is 12.3. The Labute approximate surface area is 135 Å². The number of carbonyl (C=O) groups excluding carboxylic acids is 1. The summed E-state index contributed by atoms with van der Waals surface area (Å²) in [7, 11) is 0. The number of benzene rings is 1. The number of fused-ring (bicyclic) bond motifs is 1. The van der Waals surface area contributed by atoms with E-state index in [4.69, 9.17) is 5.11 Å². The second-order valence-electron chi connectivity index (χ2n) is 5.12. The van der Waals surface area contributed by atoms with Gasteiger partial charge in [0.05, 0.1) is 22.0 Å². The lowest BCUT2D eigenvalue weighted by atomic mass is 10.2. The van der Waals surface area contributed by atoms with E-state index in [-0.39, 0.29) is 11.5 Å². The van der Waals surface area contributed by atoms with Crippen molar-refractivity contribution in [3.63, 3.8) is 0 Å². The maximum Gasteiger partial charge on any atom is 0.338 e. The summed E-state index contributed by atoms with van der Waals surface area (Å²) in [6, 6.07) is 5.22. The van der Waals surface area contributed by atoms with E-state index >= 15 is 0 Å². The molecule has 0 aliphatic rings. The Kier molecular flexibility index (Phi) is 3.83. The van der Waals surface area contributed by atoms with Crippen molar-refractivity contribution < 1.29 is 14.7 Å². The third-order valence-corrected chi connectivity index (χ3v) is 4.41. The summed E-state index contributed by atoms with van der Waals surface area (Å²) >= 11 is 1.40. The number of aromatic nitrogens is 3. The van der Waals surface area contributed by atoms with Crippen LogP contribution in [0.3, 0.4) is 0 Å². The van der Waals surface area contributed by atoms with Crippen LogP contribution in [-0.2, 0) is 4.79 Å². The minimum Gasteiger partial charge on any atom is -0.478 e. The number of amides is 1. The molecule has 0 radical (unpaired) electrons. The number of hydrogen-bond donors (Lipinski definition) is 2. The maximum atomic E-state index is 12.3. The van der Waals surface area contributed by atoms with Gasteiger partial charge in [0.2, 0.25) is 0 Å². The van der Waals surface area contributed by atoms with Crippen molar-refractivity contribution in [3.8, 4) is 0 Å². The summed E-state index contributed by atoms with van der Waals surface area (Å²) in [5, 5.41) is 16.1. The van der Waals surface area contributed by atoms with Gasteiger partial charge in [0.1, 0.15) is 6.04 Å². The van der Waals surface area contributed by atoms with E-state index in [1.54, 1.807) is 6.92 Å². The Hall–Kier alpha value is -2.74. The van der Waals surface area contributed by atoms with Crippen LogP contribution in [0, 0.1) is 6.92 Å². The number of rotatable bonds is 4. The predicted molar refractivity (Wildman–Crippen MR) is 86.9 cm³/mol. The summed E-state index contributed by atoms with van der Waals surface area (Å²) in [6.45, 7) is 3.61. The fraction of sp³-hybridized carbons (Fsp3) is 0.200. The molecule has 1 atom stereocenters. The van der Waals surface area contributed by atoms with Crippen LogP contribution < -0.4 is 5.32 Å². The fourth-order valence-electron chi connectivity index (χ4n) is 2.13. The van der Waals surface area contributed by atoms with E-state index in [1.807, 2.05) is 25.1 Å². The van der Waals surface area contributed by atoms with Gasteiger partial charge in [-0.2, -0.15) is 5.10 Å². The van der Waals surface area contributed by atoms with E-state index in [0.717, 1.165) is 15.8 Å². The first-order chi connectivity index (χ1) is 11.0. The van der Waals surface area contributed by atoms with E-state index in [2.05, 4.69) is 15.4 Å². The molecule has 2 aromatic heterocycles. The van der Waals surface area contributed by atoms with Crippen molar-refractivity contribution in [2.75, 3.05) is 5.32 Å². The average molecular weight is 330 g/mol. The highest BCUT2D eigenvalue weighted by Crippen LogP contribution is 2.28. The van der Waals surface area contributed by atoms with Crippen LogP contribution in [0.15, 0.2) is 30.6 Å². The van der Waals surface area contributed by atoms with Crippen molar-refractivity contribution in [1.29, 1.82) is 0 Å². The molecule has 0 fully saturated rings. The van der Waals surface area contributed by atoms with Gasteiger partial charge in [0.25, 0.3) is 5.91 Å². The molecule has 3 aromatic rings. The van der Waals surface area contributed by atoms with Crippen molar-refractivity contribution in [2.45, 2.75) is 19.9 Å². The third kappa shape index (κ3) is 2.93. The average Bonchev–Trinajstić information content (AvgIpc) is 3.13. The molecule has 0 bridgehead atoms. The molecule has 0 saturated carbocycles. The van der Waals surface area contributed by atoms with Crippen LogP contribution >= 0.6 is 11.3 Å². The van der Waals surface area contributed by atoms with Gasteiger partial charge in [0, 0.05) is 6.20 Å². The molecular weight excluding hydrogens is 316 g/mol.